The van der Waals surface area contributed by atoms with Gasteiger partial charge in [-0.1, -0.05) is 20.8 Å². The summed E-state index contributed by atoms with van der Waals surface area (Å²) in [6.45, 7) is 7.72. The van der Waals surface area contributed by atoms with Gasteiger partial charge in [-0.05, 0) is 68.7 Å². The molecule has 0 radical (unpaired) electrons. The molecule has 0 aromatic carbocycles. The molecule has 1 N–H and O–H groups in total. The van der Waals surface area contributed by atoms with E-state index >= 15 is 0 Å². The zero-order valence-corrected chi connectivity index (χ0v) is 14.8. The molecule has 0 saturated heterocycles. The third-order valence-electron chi connectivity index (χ3n) is 5.23. The Balaban J connectivity index is 1.89. The van der Waals surface area contributed by atoms with Crippen molar-refractivity contribution in [1.29, 1.82) is 0 Å². The van der Waals surface area contributed by atoms with Crippen LogP contribution in [0.5, 0.6) is 0 Å². The third-order valence-corrected chi connectivity index (χ3v) is 7.12. The molecule has 3 nitrogen and oxygen atoms in total. The van der Waals surface area contributed by atoms with Gasteiger partial charge in [0.05, 0.1) is 5.75 Å². The molecular formula is C17H33NO2S. The molecule has 2 atom stereocenters. The number of rotatable bonds is 8. The van der Waals surface area contributed by atoms with Gasteiger partial charge in [-0.3, -0.25) is 0 Å². The van der Waals surface area contributed by atoms with E-state index in [2.05, 4.69) is 19.2 Å². The second kappa shape index (κ2) is 6.99. The van der Waals surface area contributed by atoms with Gasteiger partial charge < -0.3 is 5.32 Å². The monoisotopic (exact) mass is 315 g/mol. The van der Waals surface area contributed by atoms with Crippen LogP contribution in [0.4, 0.5) is 0 Å². The van der Waals surface area contributed by atoms with Crippen LogP contribution in [0, 0.1) is 17.3 Å². The maximum absolute atomic E-state index is 12.0. The van der Waals surface area contributed by atoms with E-state index in [-0.39, 0.29) is 0 Å². The Morgan fingerprint density at radius 1 is 1.10 bits per heavy atom. The molecule has 2 fully saturated rings. The molecule has 0 bridgehead atoms. The second-order valence-corrected chi connectivity index (χ2v) is 10.4. The van der Waals surface area contributed by atoms with E-state index in [9.17, 15) is 8.42 Å². The second-order valence-electron chi connectivity index (χ2n) is 8.05. The zero-order valence-electron chi connectivity index (χ0n) is 14.0. The van der Waals surface area contributed by atoms with Crippen molar-refractivity contribution in [3.63, 3.8) is 0 Å². The maximum atomic E-state index is 12.0. The Hall–Kier alpha value is -0.0900. The topological polar surface area (TPSA) is 46.2 Å². The van der Waals surface area contributed by atoms with Crippen LogP contribution in [0.1, 0.15) is 65.7 Å². The van der Waals surface area contributed by atoms with Crippen LogP contribution >= 0.6 is 0 Å². The SMILES string of the molecule is CCCS(=O)(=O)CCC1CC(C)(C)CCC1CNC1CC1. The summed E-state index contributed by atoms with van der Waals surface area (Å²) in [5.74, 6) is 2.00. The van der Waals surface area contributed by atoms with E-state index in [1.807, 2.05) is 6.92 Å². The van der Waals surface area contributed by atoms with E-state index < -0.39 is 9.84 Å². The first-order valence-electron chi connectivity index (χ1n) is 8.75. The van der Waals surface area contributed by atoms with Crippen molar-refractivity contribution >= 4 is 9.84 Å². The van der Waals surface area contributed by atoms with Crippen LogP contribution in [0.15, 0.2) is 0 Å². The molecule has 4 heteroatoms. The van der Waals surface area contributed by atoms with Crippen molar-refractivity contribution in [2.75, 3.05) is 18.1 Å². The molecule has 0 amide bonds. The van der Waals surface area contributed by atoms with Crippen molar-refractivity contribution in [3.05, 3.63) is 0 Å². The Bertz CT molecular complexity index is 424. The average molecular weight is 316 g/mol. The minimum atomic E-state index is -2.83. The van der Waals surface area contributed by atoms with Crippen molar-refractivity contribution in [1.82, 2.24) is 5.32 Å². The van der Waals surface area contributed by atoms with Crippen molar-refractivity contribution in [2.45, 2.75) is 71.8 Å². The van der Waals surface area contributed by atoms with E-state index in [1.165, 1.54) is 32.1 Å². The quantitative estimate of drug-likeness (QED) is 0.747. The van der Waals surface area contributed by atoms with Crippen molar-refractivity contribution in [3.8, 4) is 0 Å². The molecule has 2 aliphatic carbocycles. The number of nitrogens with one attached hydrogen (secondary N) is 1. The fraction of sp³-hybridized carbons (Fsp3) is 1.00. The maximum Gasteiger partial charge on any atom is 0.150 e. The fourth-order valence-electron chi connectivity index (χ4n) is 3.75. The highest BCUT2D eigenvalue weighted by Gasteiger charge is 2.35. The first kappa shape index (κ1) is 17.3. The first-order chi connectivity index (χ1) is 9.81. The minimum absolute atomic E-state index is 0.355. The van der Waals surface area contributed by atoms with E-state index in [1.54, 1.807) is 0 Å². The van der Waals surface area contributed by atoms with Crippen LogP contribution in [0.25, 0.3) is 0 Å². The van der Waals surface area contributed by atoms with Crippen LogP contribution in [0.2, 0.25) is 0 Å². The molecule has 0 heterocycles. The van der Waals surface area contributed by atoms with Crippen LogP contribution in [0.3, 0.4) is 0 Å². The van der Waals surface area contributed by atoms with E-state index in [4.69, 9.17) is 0 Å². The van der Waals surface area contributed by atoms with Gasteiger partial charge in [0.15, 0.2) is 0 Å². The van der Waals surface area contributed by atoms with Crippen LogP contribution in [-0.2, 0) is 9.84 Å². The summed E-state index contributed by atoms with van der Waals surface area (Å²) in [6, 6.07) is 0.754. The molecule has 0 aromatic rings. The van der Waals surface area contributed by atoms with Gasteiger partial charge in [-0.15, -0.1) is 0 Å². The predicted octanol–water partition coefficient (Wildman–Crippen LogP) is 3.40. The molecule has 2 rings (SSSR count). The van der Waals surface area contributed by atoms with Crippen molar-refractivity contribution in [2.24, 2.45) is 17.3 Å². The van der Waals surface area contributed by atoms with Gasteiger partial charge in [-0.25, -0.2) is 8.42 Å². The van der Waals surface area contributed by atoms with Gasteiger partial charge in [0.1, 0.15) is 9.84 Å². The largest absolute Gasteiger partial charge is 0.314 e. The van der Waals surface area contributed by atoms with Gasteiger partial charge in [0.2, 0.25) is 0 Å². The number of hydrogen-bond donors (Lipinski definition) is 1. The molecule has 2 unspecified atom stereocenters. The lowest BCUT2D eigenvalue weighted by Crippen LogP contribution is -2.37. The highest BCUT2D eigenvalue weighted by Crippen LogP contribution is 2.43. The molecular weight excluding hydrogens is 282 g/mol. The van der Waals surface area contributed by atoms with Gasteiger partial charge in [0.25, 0.3) is 0 Å². The Morgan fingerprint density at radius 3 is 2.43 bits per heavy atom. The summed E-state index contributed by atoms with van der Waals surface area (Å²) in [6.07, 6.45) is 7.98. The smallest absolute Gasteiger partial charge is 0.150 e. The third kappa shape index (κ3) is 5.90. The molecule has 21 heavy (non-hydrogen) atoms. The van der Waals surface area contributed by atoms with Gasteiger partial charge in [0, 0.05) is 11.8 Å². The first-order valence-corrected chi connectivity index (χ1v) is 10.6. The number of sulfone groups is 1. The molecule has 124 valence electrons. The normalized spacial score (nSPS) is 29.5. The lowest BCUT2D eigenvalue weighted by Gasteiger charge is -2.41. The van der Waals surface area contributed by atoms with E-state index in [0.717, 1.165) is 25.4 Å². The van der Waals surface area contributed by atoms with Crippen LogP contribution in [-0.4, -0.2) is 32.5 Å². The minimum Gasteiger partial charge on any atom is -0.314 e. The van der Waals surface area contributed by atoms with Crippen LogP contribution < -0.4 is 5.32 Å². The molecule has 2 saturated carbocycles. The summed E-state index contributed by atoms with van der Waals surface area (Å²) in [5, 5.41) is 3.66. The van der Waals surface area contributed by atoms with Crippen molar-refractivity contribution < 1.29 is 8.42 Å². The van der Waals surface area contributed by atoms with E-state index in [0.29, 0.717) is 28.8 Å². The fourth-order valence-corrected chi connectivity index (χ4v) is 5.23. The average Bonchev–Trinajstić information content (AvgIpc) is 3.18. The number of hydrogen-bond acceptors (Lipinski definition) is 3. The van der Waals surface area contributed by atoms with Gasteiger partial charge in [-0.2, -0.15) is 0 Å². The Labute approximate surface area is 131 Å². The molecule has 0 aliphatic heterocycles. The zero-order chi connectivity index (χ0) is 15.5. The summed E-state index contributed by atoms with van der Waals surface area (Å²) in [5.41, 5.74) is 0.384. The lowest BCUT2D eigenvalue weighted by molar-refractivity contribution is 0.113. The standard InChI is InChI=1S/C17H33NO2S/c1-4-10-21(19,20)11-8-14-12-17(2,3)9-7-15(14)13-18-16-5-6-16/h14-16,18H,4-13H2,1-3H3. The predicted molar refractivity (Wildman–Crippen MR) is 89.2 cm³/mol. The lowest BCUT2D eigenvalue weighted by atomic mass is 9.66. The molecule has 0 spiro atoms. The molecule has 0 aromatic heterocycles. The highest BCUT2D eigenvalue weighted by atomic mass is 32.2. The highest BCUT2D eigenvalue weighted by molar-refractivity contribution is 7.91. The summed E-state index contributed by atoms with van der Waals surface area (Å²) >= 11 is 0. The Morgan fingerprint density at radius 2 is 1.81 bits per heavy atom. The summed E-state index contributed by atoms with van der Waals surface area (Å²) < 4.78 is 24.0. The Kier molecular flexibility index (Phi) is 5.75. The molecule has 2 aliphatic rings. The summed E-state index contributed by atoms with van der Waals surface area (Å²) in [7, 11) is -2.83. The van der Waals surface area contributed by atoms with Gasteiger partial charge >= 0.3 is 0 Å². The summed E-state index contributed by atoms with van der Waals surface area (Å²) in [4.78, 5) is 0.